The number of benzene rings is 1. The Hall–Kier alpha value is -3.15. The minimum atomic E-state index is 0.346. The highest BCUT2D eigenvalue weighted by atomic mass is 15.3. The molecule has 0 unspecified atom stereocenters. The van der Waals surface area contributed by atoms with Crippen molar-refractivity contribution in [3.63, 3.8) is 0 Å². The Morgan fingerprint density at radius 3 is 2.24 bits per heavy atom. The van der Waals surface area contributed by atoms with Crippen LogP contribution in [0.1, 0.15) is 19.4 Å². The molecule has 0 radical (unpaired) electrons. The van der Waals surface area contributed by atoms with Gasteiger partial charge in [0, 0.05) is 51.2 Å². The fourth-order valence-corrected chi connectivity index (χ4v) is 3.64. The van der Waals surface area contributed by atoms with Gasteiger partial charge in [0.15, 0.2) is 0 Å². The molecule has 1 aliphatic rings. The number of hydrogen-bond acceptors (Lipinski definition) is 6. The van der Waals surface area contributed by atoms with Crippen LogP contribution < -0.4 is 14.7 Å². The molecule has 6 nitrogen and oxygen atoms in total. The van der Waals surface area contributed by atoms with Gasteiger partial charge in [-0.15, -0.1) is 0 Å². The predicted octanol–water partition coefficient (Wildman–Crippen LogP) is 3.61. The Balaban J connectivity index is 1.47. The average Bonchev–Trinajstić information content (AvgIpc) is 2.79. The zero-order valence-electron chi connectivity index (χ0n) is 17.1. The molecule has 4 rings (SSSR count). The molecule has 0 saturated carbocycles. The quantitative estimate of drug-likeness (QED) is 0.643. The number of anilines is 3. The Morgan fingerprint density at radius 1 is 0.828 bits per heavy atom. The molecule has 3 heterocycles. The molecule has 29 heavy (non-hydrogen) atoms. The van der Waals surface area contributed by atoms with Crippen molar-refractivity contribution in [3.05, 3.63) is 72.6 Å². The number of pyridine rings is 1. The van der Waals surface area contributed by atoms with Crippen LogP contribution in [0.3, 0.4) is 0 Å². The zero-order valence-corrected chi connectivity index (χ0v) is 17.1. The van der Waals surface area contributed by atoms with Crippen LogP contribution in [0.2, 0.25) is 0 Å². The molecule has 6 heteroatoms. The molecule has 0 N–H and O–H groups in total. The largest absolute Gasteiger partial charge is 0.353 e. The highest BCUT2D eigenvalue weighted by Crippen LogP contribution is 2.21. The summed E-state index contributed by atoms with van der Waals surface area (Å²) in [5.74, 6) is 2.82. The summed E-state index contributed by atoms with van der Waals surface area (Å²) in [5.41, 5.74) is 1.28. The summed E-state index contributed by atoms with van der Waals surface area (Å²) in [6.07, 6.45) is 3.73. The van der Waals surface area contributed by atoms with Crippen molar-refractivity contribution in [2.45, 2.75) is 26.4 Å². The number of piperazine rings is 1. The second-order valence-electron chi connectivity index (χ2n) is 7.58. The van der Waals surface area contributed by atoms with E-state index in [2.05, 4.69) is 74.9 Å². The van der Waals surface area contributed by atoms with Crippen molar-refractivity contribution in [3.8, 4) is 0 Å². The van der Waals surface area contributed by atoms with E-state index in [1.165, 1.54) is 5.56 Å². The van der Waals surface area contributed by atoms with E-state index in [1.54, 1.807) is 0 Å². The summed E-state index contributed by atoms with van der Waals surface area (Å²) in [6, 6.07) is 19.0. The molecule has 0 amide bonds. The zero-order chi connectivity index (χ0) is 20.1. The molecule has 0 bridgehead atoms. The van der Waals surface area contributed by atoms with Gasteiger partial charge in [-0.3, -0.25) is 0 Å². The van der Waals surface area contributed by atoms with Gasteiger partial charge in [0.1, 0.15) is 11.6 Å². The third kappa shape index (κ3) is 4.65. The normalized spacial score (nSPS) is 14.3. The molecule has 2 aromatic heterocycles. The first kappa shape index (κ1) is 19.2. The second kappa shape index (κ2) is 8.90. The minimum Gasteiger partial charge on any atom is -0.353 e. The predicted molar refractivity (Wildman–Crippen MR) is 118 cm³/mol. The SMILES string of the molecule is CC(C)N(Cc1ccccc1)c1ccnc(N2CCN(c3ccccn3)CC2)n1. The highest BCUT2D eigenvalue weighted by Gasteiger charge is 2.21. The van der Waals surface area contributed by atoms with E-state index in [0.717, 1.165) is 50.3 Å². The lowest BCUT2D eigenvalue weighted by Gasteiger charge is -2.36. The van der Waals surface area contributed by atoms with Crippen LogP contribution in [-0.4, -0.2) is 47.2 Å². The average molecular weight is 389 g/mol. The summed E-state index contributed by atoms with van der Waals surface area (Å²) >= 11 is 0. The molecule has 1 aliphatic heterocycles. The van der Waals surface area contributed by atoms with E-state index < -0.39 is 0 Å². The van der Waals surface area contributed by atoms with Crippen LogP contribution in [0.25, 0.3) is 0 Å². The lowest BCUT2D eigenvalue weighted by molar-refractivity contribution is 0.629. The van der Waals surface area contributed by atoms with Crippen molar-refractivity contribution in [1.82, 2.24) is 15.0 Å². The van der Waals surface area contributed by atoms with E-state index in [4.69, 9.17) is 4.98 Å². The van der Waals surface area contributed by atoms with E-state index in [-0.39, 0.29) is 0 Å². The fourth-order valence-electron chi connectivity index (χ4n) is 3.64. The molecule has 3 aromatic rings. The first-order valence-corrected chi connectivity index (χ1v) is 10.3. The second-order valence-corrected chi connectivity index (χ2v) is 7.58. The maximum Gasteiger partial charge on any atom is 0.227 e. The standard InChI is InChI=1S/C23H28N6/c1-19(2)29(18-20-8-4-3-5-9-20)22-11-13-25-23(26-22)28-16-14-27(15-17-28)21-10-6-7-12-24-21/h3-13,19H,14-18H2,1-2H3. The topological polar surface area (TPSA) is 48.4 Å². The van der Waals surface area contributed by atoms with Crippen LogP contribution in [0.5, 0.6) is 0 Å². The molecule has 0 atom stereocenters. The Labute approximate surface area is 172 Å². The maximum atomic E-state index is 4.92. The Bertz CT molecular complexity index is 892. The molecule has 1 aromatic carbocycles. The molecule has 1 saturated heterocycles. The van der Waals surface area contributed by atoms with Gasteiger partial charge in [0.25, 0.3) is 0 Å². The summed E-state index contributed by atoms with van der Waals surface area (Å²) in [5, 5.41) is 0. The maximum absolute atomic E-state index is 4.92. The van der Waals surface area contributed by atoms with Gasteiger partial charge in [-0.2, -0.15) is 4.98 Å². The fraction of sp³-hybridized carbons (Fsp3) is 0.348. The third-order valence-corrected chi connectivity index (χ3v) is 5.28. The molecule has 150 valence electrons. The number of hydrogen-bond donors (Lipinski definition) is 0. The van der Waals surface area contributed by atoms with Crippen molar-refractivity contribution in [2.75, 3.05) is 40.9 Å². The molecule has 0 aliphatic carbocycles. The third-order valence-electron chi connectivity index (χ3n) is 5.28. The first-order valence-electron chi connectivity index (χ1n) is 10.3. The van der Waals surface area contributed by atoms with Gasteiger partial charge in [0.05, 0.1) is 0 Å². The van der Waals surface area contributed by atoms with Crippen molar-refractivity contribution in [2.24, 2.45) is 0 Å². The summed E-state index contributed by atoms with van der Waals surface area (Å²) in [6.45, 7) is 8.86. The number of aromatic nitrogens is 3. The van der Waals surface area contributed by atoms with Crippen LogP contribution in [0.15, 0.2) is 67.0 Å². The first-order chi connectivity index (χ1) is 14.2. The van der Waals surface area contributed by atoms with Crippen LogP contribution in [0.4, 0.5) is 17.6 Å². The van der Waals surface area contributed by atoms with Crippen molar-refractivity contribution < 1.29 is 0 Å². The van der Waals surface area contributed by atoms with Gasteiger partial charge in [0.2, 0.25) is 5.95 Å². The summed E-state index contributed by atoms with van der Waals surface area (Å²) in [4.78, 5) is 20.9. The smallest absolute Gasteiger partial charge is 0.227 e. The molecule has 1 fully saturated rings. The Morgan fingerprint density at radius 2 is 1.55 bits per heavy atom. The van der Waals surface area contributed by atoms with E-state index in [1.807, 2.05) is 30.6 Å². The number of rotatable bonds is 6. The molecule has 0 spiro atoms. The minimum absolute atomic E-state index is 0.346. The molecular formula is C23H28N6. The van der Waals surface area contributed by atoms with E-state index in [0.29, 0.717) is 6.04 Å². The van der Waals surface area contributed by atoms with Gasteiger partial charge < -0.3 is 14.7 Å². The molecular weight excluding hydrogens is 360 g/mol. The van der Waals surface area contributed by atoms with E-state index >= 15 is 0 Å². The van der Waals surface area contributed by atoms with Crippen LogP contribution in [0, 0.1) is 0 Å². The van der Waals surface area contributed by atoms with Gasteiger partial charge >= 0.3 is 0 Å². The lowest BCUT2D eigenvalue weighted by Crippen LogP contribution is -2.47. The van der Waals surface area contributed by atoms with Crippen molar-refractivity contribution >= 4 is 17.6 Å². The van der Waals surface area contributed by atoms with Crippen LogP contribution in [-0.2, 0) is 6.54 Å². The van der Waals surface area contributed by atoms with Crippen molar-refractivity contribution in [1.29, 1.82) is 0 Å². The summed E-state index contributed by atoms with van der Waals surface area (Å²) < 4.78 is 0. The van der Waals surface area contributed by atoms with Gasteiger partial charge in [-0.1, -0.05) is 36.4 Å². The summed E-state index contributed by atoms with van der Waals surface area (Å²) in [7, 11) is 0. The van der Waals surface area contributed by atoms with Gasteiger partial charge in [-0.05, 0) is 37.6 Å². The highest BCUT2D eigenvalue weighted by molar-refractivity contribution is 5.47. The number of nitrogens with zero attached hydrogens (tertiary/aromatic N) is 6. The Kier molecular flexibility index (Phi) is 5.89. The van der Waals surface area contributed by atoms with Crippen LogP contribution >= 0.6 is 0 Å². The van der Waals surface area contributed by atoms with Gasteiger partial charge in [-0.25, -0.2) is 9.97 Å². The monoisotopic (exact) mass is 388 g/mol. The lowest BCUT2D eigenvalue weighted by atomic mass is 10.2. The van der Waals surface area contributed by atoms with E-state index in [9.17, 15) is 0 Å².